The fourth-order valence-electron chi connectivity index (χ4n) is 3.80. The molecular weight excluding hydrogens is 425 g/mol. The Hall–Kier alpha value is -3.33. The number of fused-ring (bicyclic) bond motifs is 1. The van der Waals surface area contributed by atoms with Gasteiger partial charge in [0, 0.05) is 21.3 Å². The van der Waals surface area contributed by atoms with Crippen LogP contribution in [0, 0.1) is 0 Å². The molecule has 0 spiro atoms. The molecule has 0 saturated heterocycles. The summed E-state index contributed by atoms with van der Waals surface area (Å²) in [6.45, 7) is 0. The van der Waals surface area contributed by atoms with Gasteiger partial charge in [-0.25, -0.2) is 0 Å². The lowest BCUT2D eigenvalue weighted by molar-refractivity contribution is -0.113. The SMILES string of the molecule is O=C1/C(=C/c2ccc(Cl)cc2Cl)C=C(c2ccccc2)N1c1ccc2ccccc2c1. The van der Waals surface area contributed by atoms with Crippen LogP contribution >= 0.6 is 23.2 Å². The molecule has 2 nitrogen and oxygen atoms in total. The molecule has 1 aliphatic rings. The van der Waals surface area contributed by atoms with Gasteiger partial charge in [0.05, 0.1) is 5.70 Å². The predicted molar refractivity (Wildman–Crippen MR) is 130 cm³/mol. The standard InChI is InChI=1S/C27H17Cl2NO/c28-23-12-10-21(25(29)17-23)14-22-16-26(19-7-2-1-3-8-19)30(27(22)31)24-13-11-18-6-4-5-9-20(18)15-24/h1-17H/b22-14+. The molecule has 5 rings (SSSR count). The summed E-state index contributed by atoms with van der Waals surface area (Å²) in [7, 11) is 0. The van der Waals surface area contributed by atoms with E-state index in [9.17, 15) is 4.79 Å². The first-order valence-corrected chi connectivity index (χ1v) is 10.6. The number of rotatable bonds is 3. The zero-order valence-electron chi connectivity index (χ0n) is 16.4. The van der Waals surface area contributed by atoms with E-state index < -0.39 is 0 Å². The maximum Gasteiger partial charge on any atom is 0.262 e. The average molecular weight is 442 g/mol. The van der Waals surface area contributed by atoms with Gasteiger partial charge in [-0.2, -0.15) is 0 Å². The molecule has 1 aliphatic heterocycles. The number of anilines is 1. The first-order chi connectivity index (χ1) is 15.1. The first kappa shape index (κ1) is 19.6. The molecule has 31 heavy (non-hydrogen) atoms. The lowest BCUT2D eigenvalue weighted by atomic mass is 10.1. The van der Waals surface area contributed by atoms with Gasteiger partial charge in [-0.1, -0.05) is 89.9 Å². The minimum absolute atomic E-state index is 0.0971. The molecule has 1 amide bonds. The second-order valence-corrected chi connectivity index (χ2v) is 8.18. The van der Waals surface area contributed by atoms with Gasteiger partial charge in [0.25, 0.3) is 5.91 Å². The smallest absolute Gasteiger partial charge is 0.262 e. The molecule has 4 aromatic rings. The third kappa shape index (κ3) is 3.76. The van der Waals surface area contributed by atoms with Crippen molar-refractivity contribution in [2.75, 3.05) is 4.90 Å². The predicted octanol–water partition coefficient (Wildman–Crippen LogP) is 7.62. The Balaban J connectivity index is 1.65. The molecule has 1 heterocycles. The summed E-state index contributed by atoms with van der Waals surface area (Å²) in [5.41, 5.74) is 3.94. The van der Waals surface area contributed by atoms with Gasteiger partial charge < -0.3 is 0 Å². The van der Waals surface area contributed by atoms with Crippen molar-refractivity contribution in [3.63, 3.8) is 0 Å². The number of nitrogens with zero attached hydrogens (tertiary/aromatic N) is 1. The summed E-state index contributed by atoms with van der Waals surface area (Å²) in [5, 5.41) is 3.28. The van der Waals surface area contributed by atoms with E-state index in [2.05, 4.69) is 12.1 Å². The monoisotopic (exact) mass is 441 g/mol. The highest BCUT2D eigenvalue weighted by Crippen LogP contribution is 2.37. The third-order valence-corrected chi connectivity index (χ3v) is 5.88. The van der Waals surface area contributed by atoms with Gasteiger partial charge in [-0.3, -0.25) is 9.69 Å². The molecule has 0 N–H and O–H groups in total. The van der Waals surface area contributed by atoms with Crippen molar-refractivity contribution in [2.45, 2.75) is 0 Å². The van der Waals surface area contributed by atoms with Crippen LogP contribution in [0.2, 0.25) is 10.0 Å². The van der Waals surface area contributed by atoms with Crippen molar-refractivity contribution in [3.05, 3.63) is 124 Å². The van der Waals surface area contributed by atoms with E-state index >= 15 is 0 Å². The molecule has 150 valence electrons. The van der Waals surface area contributed by atoms with Crippen LogP contribution in [-0.2, 0) is 4.79 Å². The van der Waals surface area contributed by atoms with Gasteiger partial charge in [0.2, 0.25) is 0 Å². The Bertz CT molecular complexity index is 1370. The second-order valence-electron chi connectivity index (χ2n) is 7.33. The summed E-state index contributed by atoms with van der Waals surface area (Å²) in [6.07, 6.45) is 3.72. The molecule has 0 atom stereocenters. The van der Waals surface area contributed by atoms with Crippen LogP contribution < -0.4 is 4.90 Å². The highest BCUT2D eigenvalue weighted by atomic mass is 35.5. The summed E-state index contributed by atoms with van der Waals surface area (Å²) >= 11 is 12.4. The lowest BCUT2D eigenvalue weighted by Gasteiger charge is -2.21. The number of carbonyl (C=O) groups is 1. The highest BCUT2D eigenvalue weighted by Gasteiger charge is 2.30. The molecule has 0 fully saturated rings. The summed E-state index contributed by atoms with van der Waals surface area (Å²) < 4.78 is 0. The number of hydrogen-bond donors (Lipinski definition) is 0. The third-order valence-electron chi connectivity index (χ3n) is 5.32. The van der Waals surface area contributed by atoms with Crippen LogP contribution in [0.4, 0.5) is 5.69 Å². The van der Waals surface area contributed by atoms with Crippen molar-refractivity contribution >= 4 is 57.3 Å². The molecule has 0 aromatic heterocycles. The van der Waals surface area contributed by atoms with E-state index in [-0.39, 0.29) is 5.91 Å². The Morgan fingerprint density at radius 3 is 2.26 bits per heavy atom. The Kier molecular flexibility index (Phi) is 5.11. The number of amides is 1. The van der Waals surface area contributed by atoms with Gasteiger partial charge in [-0.15, -0.1) is 0 Å². The maximum atomic E-state index is 13.5. The van der Waals surface area contributed by atoms with Crippen molar-refractivity contribution in [1.82, 2.24) is 0 Å². The summed E-state index contributed by atoms with van der Waals surface area (Å²) in [5.74, 6) is -0.0971. The summed E-state index contributed by atoms with van der Waals surface area (Å²) in [4.78, 5) is 15.3. The molecule has 0 unspecified atom stereocenters. The van der Waals surface area contributed by atoms with E-state index in [0.717, 1.165) is 33.3 Å². The summed E-state index contributed by atoms with van der Waals surface area (Å²) in [6, 6.07) is 29.4. The van der Waals surface area contributed by atoms with Gasteiger partial charge >= 0.3 is 0 Å². The largest absolute Gasteiger partial charge is 0.276 e. The fraction of sp³-hybridized carbons (Fsp3) is 0. The normalized spacial score (nSPS) is 15.0. The molecule has 4 aromatic carbocycles. The first-order valence-electron chi connectivity index (χ1n) is 9.87. The Morgan fingerprint density at radius 2 is 1.48 bits per heavy atom. The zero-order chi connectivity index (χ0) is 21.4. The van der Waals surface area contributed by atoms with E-state index in [1.807, 2.05) is 78.9 Å². The number of halogens is 2. The number of carbonyl (C=O) groups excluding carboxylic acids is 1. The Morgan fingerprint density at radius 1 is 0.742 bits per heavy atom. The van der Waals surface area contributed by atoms with Crippen LogP contribution in [0.1, 0.15) is 11.1 Å². The van der Waals surface area contributed by atoms with Crippen molar-refractivity contribution in [3.8, 4) is 0 Å². The molecular formula is C27H17Cl2NO. The minimum Gasteiger partial charge on any atom is -0.276 e. The molecule has 0 saturated carbocycles. The van der Waals surface area contributed by atoms with E-state index in [1.54, 1.807) is 17.0 Å². The lowest BCUT2D eigenvalue weighted by Crippen LogP contribution is -2.24. The van der Waals surface area contributed by atoms with Gasteiger partial charge in [-0.05, 0) is 58.3 Å². The van der Waals surface area contributed by atoms with Crippen molar-refractivity contribution in [2.24, 2.45) is 0 Å². The fourth-order valence-corrected chi connectivity index (χ4v) is 4.26. The maximum absolute atomic E-state index is 13.5. The van der Waals surface area contributed by atoms with E-state index in [4.69, 9.17) is 23.2 Å². The zero-order valence-corrected chi connectivity index (χ0v) is 17.9. The van der Waals surface area contributed by atoms with Crippen LogP contribution in [0.3, 0.4) is 0 Å². The molecule has 0 bridgehead atoms. The highest BCUT2D eigenvalue weighted by molar-refractivity contribution is 6.35. The minimum atomic E-state index is -0.0971. The van der Waals surface area contributed by atoms with Gasteiger partial charge in [0.15, 0.2) is 0 Å². The molecule has 0 radical (unpaired) electrons. The second kappa shape index (κ2) is 8.07. The van der Waals surface area contributed by atoms with E-state index in [0.29, 0.717) is 15.6 Å². The number of benzene rings is 4. The van der Waals surface area contributed by atoms with Crippen molar-refractivity contribution in [1.29, 1.82) is 0 Å². The molecule has 4 heteroatoms. The van der Waals surface area contributed by atoms with Crippen molar-refractivity contribution < 1.29 is 4.79 Å². The van der Waals surface area contributed by atoms with E-state index in [1.165, 1.54) is 0 Å². The van der Waals surface area contributed by atoms with Crippen LogP contribution in [0.15, 0.2) is 103 Å². The average Bonchev–Trinajstić information content (AvgIpc) is 3.12. The van der Waals surface area contributed by atoms with Gasteiger partial charge in [0.1, 0.15) is 0 Å². The topological polar surface area (TPSA) is 20.3 Å². The quantitative estimate of drug-likeness (QED) is 0.299. The van der Waals surface area contributed by atoms with Crippen LogP contribution in [0.5, 0.6) is 0 Å². The van der Waals surface area contributed by atoms with Crippen LogP contribution in [0.25, 0.3) is 22.5 Å². The Labute approximate surface area is 190 Å². The number of hydrogen-bond acceptors (Lipinski definition) is 1. The molecule has 0 aliphatic carbocycles. The van der Waals surface area contributed by atoms with Crippen LogP contribution in [-0.4, -0.2) is 5.91 Å².